The minimum absolute atomic E-state index is 0.0109. The Kier molecular flexibility index (Phi) is 5.63. The third-order valence-electron chi connectivity index (χ3n) is 4.23. The number of nitrogens with one attached hydrogen (secondary N) is 1. The van der Waals surface area contributed by atoms with E-state index in [0.29, 0.717) is 23.5 Å². The zero-order chi connectivity index (χ0) is 18.7. The number of ether oxygens (including phenoxy) is 2. The van der Waals surface area contributed by atoms with Gasteiger partial charge in [0.2, 0.25) is 11.6 Å². The Hall–Kier alpha value is -2.61. The fourth-order valence-electron chi connectivity index (χ4n) is 3.00. The molecule has 136 valence electrons. The monoisotopic (exact) mass is 350 g/mol. The topological polar surface area (TPSA) is 107 Å². The maximum Gasteiger partial charge on any atom is 0.407 e. The smallest absolute Gasteiger partial charge is 0.407 e. The average Bonchev–Trinajstić information content (AvgIpc) is 2.88. The summed E-state index contributed by atoms with van der Waals surface area (Å²) in [5.74, 6) is -0.650. The largest absolute Gasteiger partial charge is 0.492 e. The number of methoxy groups -OCH3 is 1. The van der Waals surface area contributed by atoms with Gasteiger partial charge in [0.15, 0.2) is 5.76 Å². The van der Waals surface area contributed by atoms with Crippen LogP contribution in [0.15, 0.2) is 11.3 Å². The van der Waals surface area contributed by atoms with E-state index in [1.165, 1.54) is 7.11 Å². The molecule has 8 heteroatoms. The first kappa shape index (κ1) is 18.7. The zero-order valence-electron chi connectivity index (χ0n) is 14.8. The van der Waals surface area contributed by atoms with Gasteiger partial charge in [-0.2, -0.15) is 0 Å². The first-order chi connectivity index (χ1) is 11.9. The van der Waals surface area contributed by atoms with Gasteiger partial charge in [0, 0.05) is 29.9 Å². The Morgan fingerprint density at radius 3 is 2.48 bits per heavy atom. The number of carbonyl (C=O) groups is 3. The van der Waals surface area contributed by atoms with Gasteiger partial charge < -0.3 is 24.5 Å². The molecule has 2 rings (SSSR count). The summed E-state index contributed by atoms with van der Waals surface area (Å²) in [5, 5.41) is 11.1. The van der Waals surface area contributed by atoms with Gasteiger partial charge in [0.1, 0.15) is 12.3 Å². The van der Waals surface area contributed by atoms with Crippen molar-refractivity contribution in [3.05, 3.63) is 33.8 Å². The molecule has 0 bridgehead atoms. The number of Topliss-reactive ketones (excluding diaryl/α,β-unsaturated/α-hetero) is 2. The molecule has 1 aromatic rings. The van der Waals surface area contributed by atoms with Crippen molar-refractivity contribution in [3.63, 3.8) is 0 Å². The van der Waals surface area contributed by atoms with E-state index < -0.39 is 6.09 Å². The number of alkyl carbamates (subject to hydrolysis) is 1. The molecule has 1 heterocycles. The van der Waals surface area contributed by atoms with Crippen LogP contribution in [0.4, 0.5) is 4.79 Å². The van der Waals surface area contributed by atoms with Crippen molar-refractivity contribution in [1.82, 2.24) is 9.88 Å². The summed E-state index contributed by atoms with van der Waals surface area (Å²) < 4.78 is 12.0. The van der Waals surface area contributed by atoms with Crippen LogP contribution in [0.1, 0.15) is 46.0 Å². The Bertz CT molecular complexity index is 760. The molecule has 2 N–H and O–H groups in total. The van der Waals surface area contributed by atoms with Gasteiger partial charge in [-0.25, -0.2) is 4.79 Å². The molecule has 0 atom stereocenters. The molecular weight excluding hydrogens is 328 g/mol. The van der Waals surface area contributed by atoms with Crippen LogP contribution in [0.25, 0.3) is 0 Å². The van der Waals surface area contributed by atoms with Gasteiger partial charge in [0.25, 0.3) is 0 Å². The number of nitrogens with zero attached hydrogens (tertiary/aromatic N) is 1. The molecule has 0 spiro atoms. The number of rotatable bonds is 6. The lowest BCUT2D eigenvalue weighted by Gasteiger charge is -2.17. The Morgan fingerprint density at radius 2 is 1.92 bits per heavy atom. The second-order valence-electron chi connectivity index (χ2n) is 5.57. The summed E-state index contributed by atoms with van der Waals surface area (Å²) in [6, 6.07) is 0. The molecule has 25 heavy (non-hydrogen) atoms. The number of ketones is 2. The van der Waals surface area contributed by atoms with Gasteiger partial charge in [-0.05, 0) is 20.8 Å². The summed E-state index contributed by atoms with van der Waals surface area (Å²) in [6.07, 6.45) is -0.709. The molecule has 8 nitrogen and oxygen atoms in total. The van der Waals surface area contributed by atoms with Gasteiger partial charge in [0.05, 0.1) is 19.3 Å². The van der Waals surface area contributed by atoms with Crippen molar-refractivity contribution >= 4 is 17.7 Å². The number of aliphatic hydroxyl groups is 1. The van der Waals surface area contributed by atoms with Crippen LogP contribution >= 0.6 is 0 Å². The maximum atomic E-state index is 12.8. The van der Waals surface area contributed by atoms with E-state index in [1.54, 1.807) is 18.4 Å². The lowest BCUT2D eigenvalue weighted by Crippen LogP contribution is -2.27. The van der Waals surface area contributed by atoms with Crippen LogP contribution in [-0.2, 0) is 22.6 Å². The van der Waals surface area contributed by atoms with Crippen LogP contribution in [0, 0.1) is 6.92 Å². The first-order valence-electron chi connectivity index (χ1n) is 7.96. The molecule has 0 fully saturated rings. The van der Waals surface area contributed by atoms with Crippen LogP contribution in [0.2, 0.25) is 0 Å². The number of aliphatic hydroxyl groups excluding tert-OH is 1. The predicted molar refractivity (Wildman–Crippen MR) is 88.5 cm³/mol. The van der Waals surface area contributed by atoms with Crippen molar-refractivity contribution in [3.8, 4) is 0 Å². The average molecular weight is 350 g/mol. The quantitative estimate of drug-likeness (QED) is 0.802. The van der Waals surface area contributed by atoms with Gasteiger partial charge >= 0.3 is 6.09 Å². The summed E-state index contributed by atoms with van der Waals surface area (Å²) in [4.78, 5) is 37.1. The first-order valence-corrected chi connectivity index (χ1v) is 7.96. The molecule has 1 aromatic heterocycles. The number of amides is 1. The molecule has 0 saturated carbocycles. The number of aromatic nitrogens is 1. The van der Waals surface area contributed by atoms with Gasteiger partial charge in [-0.1, -0.05) is 0 Å². The predicted octanol–water partition coefficient (Wildman–Crippen LogP) is 1.33. The minimum Gasteiger partial charge on any atom is -0.492 e. The fraction of sp³-hybridized carbons (Fsp3) is 0.471. The molecule has 1 aliphatic rings. The summed E-state index contributed by atoms with van der Waals surface area (Å²) in [5.41, 5.74) is 1.96. The highest BCUT2D eigenvalue weighted by atomic mass is 16.5. The summed E-state index contributed by atoms with van der Waals surface area (Å²) in [7, 11) is 1.34. The highest BCUT2D eigenvalue weighted by Crippen LogP contribution is 2.33. The highest BCUT2D eigenvalue weighted by molar-refractivity contribution is 6.26. The van der Waals surface area contributed by atoms with Crippen molar-refractivity contribution in [2.75, 3.05) is 20.3 Å². The second kappa shape index (κ2) is 7.52. The molecule has 1 amide bonds. The molecule has 0 radical (unpaired) electrons. The van der Waals surface area contributed by atoms with Crippen LogP contribution in [0.3, 0.4) is 0 Å². The lowest BCUT2D eigenvalue weighted by atomic mass is 9.91. The third-order valence-corrected chi connectivity index (χ3v) is 4.23. The molecule has 1 aliphatic carbocycles. The standard InChI is InChI=1S/C17H22N2O6/c1-5-19-10(3)11(8-25-17(23)18-6-7-20)12-13(19)14(21)9(2)16(24-4)15(12)22/h20H,5-8H2,1-4H3,(H,18,23). The Labute approximate surface area is 145 Å². The van der Waals surface area contributed by atoms with Crippen molar-refractivity contribution in [1.29, 1.82) is 0 Å². The number of allylic oxidation sites excluding steroid dienone is 2. The number of fused-ring (bicyclic) bond motifs is 1. The van der Waals surface area contributed by atoms with Crippen molar-refractivity contribution < 1.29 is 29.0 Å². The number of hydrogen-bond donors (Lipinski definition) is 2. The zero-order valence-corrected chi connectivity index (χ0v) is 14.8. The second-order valence-corrected chi connectivity index (χ2v) is 5.57. The SMILES string of the molecule is CCn1c(C)c(COC(=O)NCCO)c2c1C(=O)C(C)=C(OC)C2=O. The lowest BCUT2D eigenvalue weighted by molar-refractivity contribution is 0.0898. The van der Waals surface area contributed by atoms with E-state index in [2.05, 4.69) is 5.32 Å². The summed E-state index contributed by atoms with van der Waals surface area (Å²) >= 11 is 0. The molecular formula is C17H22N2O6. The van der Waals surface area contributed by atoms with Crippen LogP contribution in [-0.4, -0.2) is 47.6 Å². The van der Waals surface area contributed by atoms with E-state index >= 15 is 0 Å². The maximum absolute atomic E-state index is 12.8. The van der Waals surface area contributed by atoms with Crippen molar-refractivity contribution in [2.24, 2.45) is 0 Å². The molecule has 0 saturated heterocycles. The van der Waals surface area contributed by atoms with Crippen molar-refractivity contribution in [2.45, 2.75) is 33.9 Å². The van der Waals surface area contributed by atoms with Gasteiger partial charge in [-0.15, -0.1) is 0 Å². The van der Waals surface area contributed by atoms with E-state index in [-0.39, 0.29) is 48.2 Å². The normalized spacial score (nSPS) is 13.8. The van der Waals surface area contributed by atoms with E-state index in [1.807, 2.05) is 6.92 Å². The minimum atomic E-state index is -0.709. The Morgan fingerprint density at radius 1 is 1.24 bits per heavy atom. The van der Waals surface area contributed by atoms with Gasteiger partial charge in [-0.3, -0.25) is 9.59 Å². The molecule has 0 aromatic carbocycles. The molecule has 0 aliphatic heterocycles. The Balaban J connectivity index is 2.45. The number of carbonyl (C=O) groups excluding carboxylic acids is 3. The summed E-state index contributed by atoms with van der Waals surface area (Å²) in [6.45, 7) is 5.40. The van der Waals surface area contributed by atoms with Crippen LogP contribution < -0.4 is 5.32 Å². The highest BCUT2D eigenvalue weighted by Gasteiger charge is 2.37. The van der Waals surface area contributed by atoms with E-state index in [0.717, 1.165) is 0 Å². The number of hydrogen-bond acceptors (Lipinski definition) is 6. The molecule has 0 unspecified atom stereocenters. The van der Waals surface area contributed by atoms with Crippen LogP contribution in [0.5, 0.6) is 0 Å². The fourth-order valence-corrected chi connectivity index (χ4v) is 3.00. The van der Waals surface area contributed by atoms with E-state index in [9.17, 15) is 14.4 Å². The third kappa shape index (κ3) is 3.17. The van der Waals surface area contributed by atoms with E-state index in [4.69, 9.17) is 14.6 Å².